The molecule has 6 nitrogen and oxygen atoms in total. The Morgan fingerprint density at radius 2 is 1.87 bits per heavy atom. The number of nitrogens with zero attached hydrogens (tertiary/aromatic N) is 3. The van der Waals surface area contributed by atoms with Gasteiger partial charge >= 0.3 is 0 Å². The lowest BCUT2D eigenvalue weighted by atomic mass is 10.1. The first-order valence-corrected chi connectivity index (χ1v) is 12.8. The molecule has 0 aliphatic heterocycles. The van der Waals surface area contributed by atoms with Gasteiger partial charge in [-0.2, -0.15) is 9.61 Å². The van der Waals surface area contributed by atoms with Crippen molar-refractivity contribution in [2.75, 3.05) is 9.08 Å². The van der Waals surface area contributed by atoms with Gasteiger partial charge in [0.1, 0.15) is 15.4 Å². The second-order valence-corrected chi connectivity index (χ2v) is 11.1. The molecule has 0 saturated heterocycles. The van der Waals surface area contributed by atoms with Gasteiger partial charge in [-0.25, -0.2) is 17.8 Å². The van der Waals surface area contributed by atoms with E-state index in [0.717, 1.165) is 5.56 Å². The third-order valence-electron chi connectivity index (χ3n) is 4.48. The molecule has 0 unspecified atom stereocenters. The first-order chi connectivity index (χ1) is 14.4. The van der Waals surface area contributed by atoms with E-state index in [1.54, 1.807) is 59.2 Å². The Hall–Kier alpha value is -2.05. The second-order valence-electron chi connectivity index (χ2n) is 6.46. The van der Waals surface area contributed by atoms with Crippen molar-refractivity contribution in [2.45, 2.75) is 11.4 Å². The van der Waals surface area contributed by atoms with Crippen LogP contribution < -0.4 is 5.32 Å². The van der Waals surface area contributed by atoms with Crippen LogP contribution in [0.3, 0.4) is 0 Å². The molecule has 0 aliphatic carbocycles. The number of aromatic nitrogens is 3. The fourth-order valence-corrected chi connectivity index (χ4v) is 5.04. The normalized spacial score (nSPS) is 11.7. The summed E-state index contributed by atoms with van der Waals surface area (Å²) in [5.74, 6) is 0.274. The predicted octanol–water partition coefficient (Wildman–Crippen LogP) is 5.08. The van der Waals surface area contributed by atoms with E-state index in [9.17, 15) is 12.8 Å². The summed E-state index contributed by atoms with van der Waals surface area (Å²) in [5, 5.41) is 7.60. The lowest BCUT2D eigenvalue weighted by Gasteiger charge is -2.12. The molecule has 2 aromatic heterocycles. The quantitative estimate of drug-likeness (QED) is 0.247. The number of hydrogen-bond donors (Lipinski definition) is 1. The van der Waals surface area contributed by atoms with E-state index >= 15 is 0 Å². The largest absolute Gasteiger partial charge is 0.366 e. The van der Waals surface area contributed by atoms with Crippen LogP contribution in [0, 0.1) is 5.82 Å². The highest BCUT2D eigenvalue weighted by Crippen LogP contribution is 2.27. The lowest BCUT2D eigenvalue weighted by Crippen LogP contribution is -2.07. The van der Waals surface area contributed by atoms with Crippen molar-refractivity contribution in [2.24, 2.45) is 0 Å². The van der Waals surface area contributed by atoms with Crippen molar-refractivity contribution >= 4 is 59.8 Å². The molecule has 154 valence electrons. The number of halogens is 3. The van der Waals surface area contributed by atoms with Gasteiger partial charge in [-0.05, 0) is 45.8 Å². The van der Waals surface area contributed by atoms with E-state index < -0.39 is 9.84 Å². The van der Waals surface area contributed by atoms with Crippen LogP contribution in [0.25, 0.3) is 16.9 Å². The van der Waals surface area contributed by atoms with Crippen LogP contribution in [0.1, 0.15) is 5.56 Å². The van der Waals surface area contributed by atoms with Crippen LogP contribution in [0.2, 0.25) is 0 Å². The first-order valence-electron chi connectivity index (χ1n) is 8.80. The molecule has 4 aromatic rings. The highest BCUT2D eigenvalue weighted by Gasteiger charge is 2.14. The third kappa shape index (κ3) is 4.21. The van der Waals surface area contributed by atoms with Crippen LogP contribution in [-0.2, 0) is 16.4 Å². The summed E-state index contributed by atoms with van der Waals surface area (Å²) >= 11 is 5.27. The van der Waals surface area contributed by atoms with E-state index in [0.29, 0.717) is 38.6 Å². The SMILES string of the molecule is O=S(=O)(CI)c1ccc(CNc2cc(-c3ccccc3F)nc3c(Br)cnn23)cc1. The zero-order chi connectivity index (χ0) is 21.3. The second kappa shape index (κ2) is 8.60. The Morgan fingerprint density at radius 3 is 2.57 bits per heavy atom. The van der Waals surface area contributed by atoms with E-state index in [4.69, 9.17) is 0 Å². The molecule has 4 rings (SSSR count). The Morgan fingerprint density at radius 1 is 1.13 bits per heavy atom. The molecule has 10 heteroatoms. The smallest absolute Gasteiger partial charge is 0.187 e. The van der Waals surface area contributed by atoms with Gasteiger partial charge in [0.25, 0.3) is 0 Å². The molecular weight excluding hydrogens is 586 g/mol. The van der Waals surface area contributed by atoms with Gasteiger partial charge in [-0.3, -0.25) is 0 Å². The first kappa shape index (κ1) is 21.2. The molecule has 0 atom stereocenters. The number of nitrogens with one attached hydrogen (secondary N) is 1. The minimum absolute atomic E-state index is 0.0321. The summed E-state index contributed by atoms with van der Waals surface area (Å²) < 4.78 is 40.6. The standard InChI is InChI=1S/C20H15BrFIN4O2S/c21-16-11-25-27-19(9-18(26-20(16)27)15-3-1-2-4-17(15)22)24-10-13-5-7-14(8-6-13)30(28,29)12-23/h1-9,11,24H,10,12H2. The van der Waals surface area contributed by atoms with Crippen molar-refractivity contribution in [3.8, 4) is 11.3 Å². The van der Waals surface area contributed by atoms with E-state index in [1.165, 1.54) is 6.07 Å². The Bertz CT molecular complexity index is 1330. The van der Waals surface area contributed by atoms with E-state index in [1.807, 2.05) is 22.6 Å². The van der Waals surface area contributed by atoms with Gasteiger partial charge in [-0.15, -0.1) is 0 Å². The summed E-state index contributed by atoms with van der Waals surface area (Å²) in [6.07, 6.45) is 1.63. The van der Waals surface area contributed by atoms with Gasteiger partial charge in [0, 0.05) is 18.2 Å². The van der Waals surface area contributed by atoms with Crippen molar-refractivity contribution in [3.63, 3.8) is 0 Å². The van der Waals surface area contributed by atoms with Gasteiger partial charge < -0.3 is 5.32 Å². The summed E-state index contributed by atoms with van der Waals surface area (Å²) in [6, 6.07) is 14.9. The fourth-order valence-electron chi connectivity index (χ4n) is 2.94. The average Bonchev–Trinajstić information content (AvgIpc) is 3.13. The fraction of sp³-hybridized carbons (Fsp3) is 0.100. The minimum atomic E-state index is -3.25. The Balaban J connectivity index is 1.66. The van der Waals surface area contributed by atoms with Crippen LogP contribution >= 0.6 is 38.5 Å². The molecule has 0 aliphatic rings. The van der Waals surface area contributed by atoms with Crippen molar-refractivity contribution in [1.29, 1.82) is 0 Å². The summed E-state index contributed by atoms with van der Waals surface area (Å²) in [5.41, 5.74) is 2.32. The number of rotatable bonds is 6. The number of alkyl halides is 1. The molecule has 0 radical (unpaired) electrons. The molecule has 1 N–H and O–H groups in total. The highest BCUT2D eigenvalue weighted by molar-refractivity contribution is 14.1. The van der Waals surface area contributed by atoms with Crippen LogP contribution in [0.5, 0.6) is 0 Å². The van der Waals surface area contributed by atoms with Crippen LogP contribution in [0.15, 0.2) is 70.2 Å². The zero-order valence-corrected chi connectivity index (χ0v) is 19.9. The highest BCUT2D eigenvalue weighted by atomic mass is 127. The molecule has 0 amide bonds. The molecule has 30 heavy (non-hydrogen) atoms. The van der Waals surface area contributed by atoms with Gasteiger partial charge in [0.15, 0.2) is 15.5 Å². The van der Waals surface area contributed by atoms with Crippen LogP contribution in [0.4, 0.5) is 10.2 Å². The van der Waals surface area contributed by atoms with Gasteiger partial charge in [0.05, 0.1) is 21.3 Å². The number of anilines is 1. The Labute approximate surface area is 194 Å². The molecule has 2 heterocycles. The Kier molecular flexibility index (Phi) is 6.07. The molecule has 0 spiro atoms. The van der Waals surface area contributed by atoms with Gasteiger partial charge in [0.2, 0.25) is 0 Å². The zero-order valence-electron chi connectivity index (χ0n) is 15.4. The molecule has 0 saturated carbocycles. The van der Waals surface area contributed by atoms with Gasteiger partial charge in [-0.1, -0.05) is 46.9 Å². The minimum Gasteiger partial charge on any atom is -0.366 e. The summed E-state index contributed by atoms with van der Waals surface area (Å²) in [6.45, 7) is 0.428. The molecule has 2 aromatic carbocycles. The topological polar surface area (TPSA) is 76.4 Å². The number of benzene rings is 2. The van der Waals surface area contributed by atoms with Crippen molar-refractivity contribution in [1.82, 2.24) is 14.6 Å². The van der Waals surface area contributed by atoms with E-state index in [-0.39, 0.29) is 9.58 Å². The summed E-state index contributed by atoms with van der Waals surface area (Å²) in [4.78, 5) is 4.83. The number of hydrogen-bond acceptors (Lipinski definition) is 5. The van der Waals surface area contributed by atoms with E-state index in [2.05, 4.69) is 31.3 Å². The maximum Gasteiger partial charge on any atom is 0.187 e. The summed E-state index contributed by atoms with van der Waals surface area (Å²) in [7, 11) is -3.25. The van der Waals surface area contributed by atoms with Crippen molar-refractivity contribution < 1.29 is 12.8 Å². The van der Waals surface area contributed by atoms with Crippen molar-refractivity contribution in [3.05, 3.63) is 76.6 Å². The monoisotopic (exact) mass is 600 g/mol. The molecular formula is C20H15BrFIN4O2S. The maximum absolute atomic E-state index is 14.3. The predicted molar refractivity (Wildman–Crippen MR) is 126 cm³/mol. The lowest BCUT2D eigenvalue weighted by molar-refractivity contribution is 0.601. The maximum atomic E-state index is 14.3. The number of sulfone groups is 1. The van der Waals surface area contributed by atoms with Crippen LogP contribution in [-0.4, -0.2) is 26.8 Å². The molecule has 0 fully saturated rings. The third-order valence-corrected chi connectivity index (χ3v) is 8.78. The number of fused-ring (bicyclic) bond motifs is 1. The average molecular weight is 601 g/mol. The molecule has 0 bridgehead atoms.